The highest BCUT2D eigenvalue weighted by molar-refractivity contribution is 7.89. The molecule has 0 unspecified atom stereocenters. The minimum atomic E-state index is -3.52. The van der Waals surface area contributed by atoms with Crippen molar-refractivity contribution >= 4 is 38.2 Å². The first kappa shape index (κ1) is 20.5. The molecule has 1 saturated heterocycles. The van der Waals surface area contributed by atoms with Crippen LogP contribution in [-0.2, 0) is 14.8 Å². The van der Waals surface area contributed by atoms with E-state index >= 15 is 0 Å². The number of methoxy groups -OCH3 is 1. The molecule has 1 N–H and O–H groups in total. The number of benzene rings is 1. The predicted octanol–water partition coefficient (Wildman–Crippen LogP) is 3.19. The van der Waals surface area contributed by atoms with E-state index < -0.39 is 21.9 Å². The zero-order valence-electron chi connectivity index (χ0n) is 15.9. The molecule has 1 aliphatic rings. The third-order valence-corrected chi connectivity index (χ3v) is 7.86. The number of hydrogen-bond acceptors (Lipinski definition) is 6. The second kappa shape index (κ2) is 8.02. The van der Waals surface area contributed by atoms with Gasteiger partial charge in [0.15, 0.2) is 0 Å². The summed E-state index contributed by atoms with van der Waals surface area (Å²) >= 11 is 1.30. The number of hydrogen-bond donors (Lipinski definition) is 1. The Morgan fingerprint density at radius 2 is 1.71 bits per heavy atom. The van der Waals surface area contributed by atoms with Gasteiger partial charge in [-0.2, -0.15) is 4.31 Å². The molecule has 2 aromatic rings. The number of anilines is 1. The first-order chi connectivity index (χ1) is 13.3. The quantitative estimate of drug-likeness (QED) is 0.747. The van der Waals surface area contributed by atoms with Crippen molar-refractivity contribution in [3.8, 4) is 0 Å². The van der Waals surface area contributed by atoms with Crippen LogP contribution < -0.4 is 5.32 Å². The molecule has 28 heavy (non-hydrogen) atoms. The molecule has 1 aliphatic heterocycles. The molecule has 1 aromatic heterocycles. The van der Waals surface area contributed by atoms with E-state index in [4.69, 9.17) is 4.74 Å². The van der Waals surface area contributed by atoms with Gasteiger partial charge in [-0.1, -0.05) is 0 Å². The fourth-order valence-electron chi connectivity index (χ4n) is 3.09. The number of nitrogens with one attached hydrogen (secondary N) is 1. The van der Waals surface area contributed by atoms with Crippen LogP contribution in [0.3, 0.4) is 0 Å². The van der Waals surface area contributed by atoms with Crippen LogP contribution in [0.25, 0.3) is 0 Å². The SMILES string of the molecule is COC(=O)c1c(NC(=O)c2ccc(S(=O)(=O)N3CCCC3)cc2)sc(C)c1C. The van der Waals surface area contributed by atoms with E-state index in [2.05, 4.69) is 5.32 Å². The second-order valence-corrected chi connectivity index (χ2v) is 9.73. The third kappa shape index (κ3) is 3.82. The molecular weight excluding hydrogens is 400 g/mol. The molecule has 0 aliphatic carbocycles. The Kier molecular flexibility index (Phi) is 5.87. The Morgan fingerprint density at radius 3 is 2.29 bits per heavy atom. The molecule has 0 bridgehead atoms. The van der Waals surface area contributed by atoms with Crippen molar-refractivity contribution in [1.82, 2.24) is 4.31 Å². The van der Waals surface area contributed by atoms with Crippen LogP contribution in [0.5, 0.6) is 0 Å². The Labute approximate surface area is 168 Å². The average Bonchev–Trinajstić information content (AvgIpc) is 3.31. The summed E-state index contributed by atoms with van der Waals surface area (Å²) in [6.07, 6.45) is 1.73. The molecule has 150 valence electrons. The summed E-state index contributed by atoms with van der Waals surface area (Å²) in [5.74, 6) is -0.930. The smallest absolute Gasteiger partial charge is 0.341 e. The molecule has 1 amide bonds. The lowest BCUT2D eigenvalue weighted by atomic mass is 10.1. The molecule has 3 rings (SSSR count). The number of rotatable bonds is 5. The molecular formula is C19H22N2O5S2. The molecule has 9 heteroatoms. The molecule has 0 spiro atoms. The van der Waals surface area contributed by atoms with Gasteiger partial charge in [0.25, 0.3) is 5.91 Å². The first-order valence-corrected chi connectivity index (χ1v) is 11.1. The lowest BCUT2D eigenvalue weighted by molar-refractivity contribution is 0.0601. The summed E-state index contributed by atoms with van der Waals surface area (Å²) < 4.78 is 31.4. The van der Waals surface area contributed by atoms with Gasteiger partial charge in [0.2, 0.25) is 10.0 Å². The molecule has 0 atom stereocenters. The van der Waals surface area contributed by atoms with Crippen molar-refractivity contribution in [2.75, 3.05) is 25.5 Å². The molecule has 0 radical (unpaired) electrons. The van der Waals surface area contributed by atoms with Crippen LogP contribution in [0.15, 0.2) is 29.2 Å². The number of ether oxygens (including phenoxy) is 1. The van der Waals surface area contributed by atoms with Crippen LogP contribution in [-0.4, -0.2) is 44.8 Å². The summed E-state index contributed by atoms with van der Waals surface area (Å²) in [5, 5.41) is 3.15. The van der Waals surface area contributed by atoms with Crippen LogP contribution >= 0.6 is 11.3 Å². The van der Waals surface area contributed by atoms with Gasteiger partial charge < -0.3 is 10.1 Å². The Balaban J connectivity index is 1.81. The number of thiophene rings is 1. The van der Waals surface area contributed by atoms with Gasteiger partial charge in [0, 0.05) is 23.5 Å². The zero-order valence-corrected chi connectivity index (χ0v) is 17.6. The third-order valence-electron chi connectivity index (χ3n) is 4.82. The number of carbonyl (C=O) groups excluding carboxylic acids is 2. The lowest BCUT2D eigenvalue weighted by Gasteiger charge is -2.15. The highest BCUT2D eigenvalue weighted by Crippen LogP contribution is 2.33. The van der Waals surface area contributed by atoms with E-state index in [-0.39, 0.29) is 4.90 Å². The largest absolute Gasteiger partial charge is 0.465 e. The maximum absolute atomic E-state index is 12.6. The van der Waals surface area contributed by atoms with Crippen molar-refractivity contribution in [1.29, 1.82) is 0 Å². The maximum Gasteiger partial charge on any atom is 0.341 e. The minimum Gasteiger partial charge on any atom is -0.465 e. The first-order valence-electron chi connectivity index (χ1n) is 8.85. The van der Waals surface area contributed by atoms with Crippen LogP contribution in [0.1, 0.15) is 44.0 Å². The number of esters is 1. The number of sulfonamides is 1. The standard InChI is InChI=1S/C19H22N2O5S2/c1-12-13(2)27-18(16(12)19(23)26-3)20-17(22)14-6-8-15(9-7-14)28(24,25)21-10-4-5-11-21/h6-9H,4-5,10-11H2,1-3H3,(H,20,22). The maximum atomic E-state index is 12.6. The summed E-state index contributed by atoms with van der Waals surface area (Å²) in [6, 6.07) is 5.83. The van der Waals surface area contributed by atoms with Crippen molar-refractivity contribution in [2.24, 2.45) is 0 Å². The van der Waals surface area contributed by atoms with Crippen LogP contribution in [0.2, 0.25) is 0 Å². The van der Waals surface area contributed by atoms with E-state index in [1.54, 1.807) is 6.92 Å². The van der Waals surface area contributed by atoms with Gasteiger partial charge in [0.05, 0.1) is 17.6 Å². The highest BCUT2D eigenvalue weighted by atomic mass is 32.2. The highest BCUT2D eigenvalue weighted by Gasteiger charge is 2.27. The Hall–Kier alpha value is -2.23. The van der Waals surface area contributed by atoms with E-state index in [9.17, 15) is 18.0 Å². The summed E-state index contributed by atoms with van der Waals surface area (Å²) in [6.45, 7) is 4.71. The Bertz CT molecular complexity index is 1000. The van der Waals surface area contributed by atoms with Gasteiger partial charge >= 0.3 is 5.97 Å². The number of nitrogens with zero attached hydrogens (tertiary/aromatic N) is 1. The lowest BCUT2D eigenvalue weighted by Crippen LogP contribution is -2.27. The molecule has 0 saturated carbocycles. The van der Waals surface area contributed by atoms with Crippen molar-refractivity contribution in [3.05, 3.63) is 45.8 Å². The molecule has 7 nitrogen and oxygen atoms in total. The fraction of sp³-hybridized carbons (Fsp3) is 0.368. The van der Waals surface area contributed by atoms with E-state index in [0.29, 0.717) is 29.2 Å². The normalized spacial score (nSPS) is 14.8. The van der Waals surface area contributed by atoms with Gasteiger partial charge in [-0.15, -0.1) is 11.3 Å². The van der Waals surface area contributed by atoms with Crippen molar-refractivity contribution < 1.29 is 22.7 Å². The monoisotopic (exact) mass is 422 g/mol. The second-order valence-electron chi connectivity index (χ2n) is 6.57. The minimum absolute atomic E-state index is 0.170. The molecule has 2 heterocycles. The Morgan fingerprint density at radius 1 is 1.11 bits per heavy atom. The van der Waals surface area contributed by atoms with Gasteiger partial charge in [0.1, 0.15) is 5.00 Å². The summed E-state index contributed by atoms with van der Waals surface area (Å²) in [5.41, 5.74) is 1.41. The topological polar surface area (TPSA) is 92.8 Å². The average molecular weight is 423 g/mol. The number of carbonyl (C=O) groups is 2. The summed E-state index contributed by atoms with van der Waals surface area (Å²) in [4.78, 5) is 25.7. The molecule has 1 aromatic carbocycles. The van der Waals surface area contributed by atoms with Crippen LogP contribution in [0, 0.1) is 13.8 Å². The predicted molar refractivity (Wildman–Crippen MR) is 108 cm³/mol. The fourth-order valence-corrected chi connectivity index (χ4v) is 5.65. The van der Waals surface area contributed by atoms with E-state index in [0.717, 1.165) is 23.3 Å². The number of aryl methyl sites for hydroxylation is 1. The van der Waals surface area contributed by atoms with Gasteiger partial charge in [-0.3, -0.25) is 4.79 Å². The van der Waals surface area contributed by atoms with Crippen molar-refractivity contribution in [2.45, 2.75) is 31.6 Å². The zero-order chi connectivity index (χ0) is 20.5. The summed E-state index contributed by atoms with van der Waals surface area (Å²) in [7, 11) is -2.23. The van der Waals surface area contributed by atoms with E-state index in [1.807, 2.05) is 6.92 Å². The van der Waals surface area contributed by atoms with Gasteiger partial charge in [-0.25, -0.2) is 13.2 Å². The van der Waals surface area contributed by atoms with E-state index in [1.165, 1.54) is 47.0 Å². The molecule has 1 fully saturated rings. The van der Waals surface area contributed by atoms with Crippen LogP contribution in [0.4, 0.5) is 5.00 Å². The van der Waals surface area contributed by atoms with Gasteiger partial charge in [-0.05, 0) is 56.5 Å². The van der Waals surface area contributed by atoms with Crippen molar-refractivity contribution in [3.63, 3.8) is 0 Å². The number of amides is 1.